The normalized spacial score (nSPS) is 18.4. The molecular weight excluding hydrogens is 259 g/mol. The summed E-state index contributed by atoms with van der Waals surface area (Å²) in [6, 6.07) is 2.67. The monoisotopic (exact) mass is 278 g/mol. The van der Waals surface area contributed by atoms with E-state index in [0.29, 0.717) is 17.9 Å². The van der Waals surface area contributed by atoms with Crippen LogP contribution in [0, 0.1) is 12.7 Å². The Hall–Kier alpha value is -1.91. The van der Waals surface area contributed by atoms with Crippen LogP contribution >= 0.6 is 0 Å². The van der Waals surface area contributed by atoms with Gasteiger partial charge in [0.15, 0.2) is 0 Å². The molecule has 1 aromatic heterocycles. The van der Waals surface area contributed by atoms with Crippen molar-refractivity contribution in [3.8, 4) is 0 Å². The lowest BCUT2D eigenvalue weighted by Crippen LogP contribution is -2.37. The van der Waals surface area contributed by atoms with E-state index in [0.717, 1.165) is 0 Å². The zero-order valence-corrected chi connectivity index (χ0v) is 12.2. The van der Waals surface area contributed by atoms with Crippen LogP contribution in [0.1, 0.15) is 38.2 Å². The minimum Gasteiger partial charge on any atom is -0.444 e. The average Bonchev–Trinajstić information content (AvgIpc) is 2.79. The van der Waals surface area contributed by atoms with Crippen LogP contribution in [0.2, 0.25) is 0 Å². The lowest BCUT2D eigenvalue weighted by Gasteiger charge is -2.28. The molecule has 2 rings (SSSR count). The smallest absolute Gasteiger partial charge is 0.411 e. The number of aryl methyl sites for hydroxylation is 1. The Kier molecular flexibility index (Phi) is 3.79. The molecule has 4 nitrogen and oxygen atoms in total. The van der Waals surface area contributed by atoms with Gasteiger partial charge in [0.1, 0.15) is 11.4 Å². The van der Waals surface area contributed by atoms with Crippen LogP contribution in [0.25, 0.3) is 0 Å². The molecule has 20 heavy (non-hydrogen) atoms. The summed E-state index contributed by atoms with van der Waals surface area (Å²) in [7, 11) is 0. The highest BCUT2D eigenvalue weighted by Gasteiger charge is 2.31. The molecule has 1 aliphatic heterocycles. The second kappa shape index (κ2) is 5.23. The summed E-state index contributed by atoms with van der Waals surface area (Å²) in [5.41, 5.74) is 0.423. The summed E-state index contributed by atoms with van der Waals surface area (Å²) in [5, 5.41) is 0. The van der Waals surface area contributed by atoms with Crippen molar-refractivity contribution in [1.29, 1.82) is 0 Å². The third kappa shape index (κ3) is 3.15. The van der Waals surface area contributed by atoms with E-state index in [-0.39, 0.29) is 11.9 Å². The number of pyridine rings is 1. The molecule has 2 heterocycles. The molecule has 0 fully saturated rings. The molecule has 0 aromatic carbocycles. The van der Waals surface area contributed by atoms with Crippen LogP contribution in [-0.4, -0.2) is 28.1 Å². The summed E-state index contributed by atoms with van der Waals surface area (Å²) in [6.07, 6.45) is 3.37. The van der Waals surface area contributed by atoms with Crippen molar-refractivity contribution in [3.05, 3.63) is 41.5 Å². The highest BCUT2D eigenvalue weighted by Crippen LogP contribution is 2.27. The number of rotatable bonds is 1. The van der Waals surface area contributed by atoms with Gasteiger partial charge in [0.05, 0.1) is 17.4 Å². The quantitative estimate of drug-likeness (QED) is 0.740. The first kappa shape index (κ1) is 14.5. The first-order valence-electron chi connectivity index (χ1n) is 6.57. The first-order valence-corrected chi connectivity index (χ1v) is 6.57. The van der Waals surface area contributed by atoms with Gasteiger partial charge in [0, 0.05) is 6.54 Å². The van der Waals surface area contributed by atoms with Gasteiger partial charge in [-0.25, -0.2) is 9.18 Å². The molecule has 1 aliphatic rings. The fourth-order valence-electron chi connectivity index (χ4n) is 2.02. The summed E-state index contributed by atoms with van der Waals surface area (Å²) < 4.78 is 18.7. The van der Waals surface area contributed by atoms with E-state index < -0.39 is 11.7 Å². The Morgan fingerprint density at radius 2 is 2.15 bits per heavy atom. The van der Waals surface area contributed by atoms with Crippen molar-refractivity contribution in [1.82, 2.24) is 9.88 Å². The molecule has 0 spiro atoms. The van der Waals surface area contributed by atoms with Gasteiger partial charge in [-0.2, -0.15) is 0 Å². The van der Waals surface area contributed by atoms with Gasteiger partial charge in [0.2, 0.25) is 0 Å². The van der Waals surface area contributed by atoms with Crippen LogP contribution in [0.4, 0.5) is 9.18 Å². The van der Waals surface area contributed by atoms with Gasteiger partial charge in [0.25, 0.3) is 0 Å². The molecule has 0 aliphatic carbocycles. The maximum absolute atomic E-state index is 13.3. The lowest BCUT2D eigenvalue weighted by atomic mass is 10.1. The van der Waals surface area contributed by atoms with Gasteiger partial charge >= 0.3 is 6.09 Å². The number of amides is 1. The molecular formula is C15H19FN2O2. The molecule has 108 valence electrons. The van der Waals surface area contributed by atoms with E-state index in [1.165, 1.54) is 6.07 Å². The fraction of sp³-hybridized carbons (Fsp3) is 0.467. The maximum atomic E-state index is 13.3. The van der Waals surface area contributed by atoms with Crippen molar-refractivity contribution < 1.29 is 13.9 Å². The number of nitrogens with zero attached hydrogens (tertiary/aromatic N) is 2. The first-order chi connectivity index (χ1) is 9.28. The number of carbonyl (C=O) groups excluding carboxylic acids is 1. The minimum atomic E-state index is -0.545. The highest BCUT2D eigenvalue weighted by molar-refractivity contribution is 5.70. The van der Waals surface area contributed by atoms with E-state index in [1.807, 2.05) is 32.9 Å². The Labute approximate surface area is 118 Å². The second-order valence-electron chi connectivity index (χ2n) is 5.81. The van der Waals surface area contributed by atoms with Crippen LogP contribution in [0.3, 0.4) is 0 Å². The van der Waals surface area contributed by atoms with Crippen molar-refractivity contribution in [3.63, 3.8) is 0 Å². The van der Waals surface area contributed by atoms with Gasteiger partial charge in [-0.3, -0.25) is 9.88 Å². The number of ether oxygens (including phenoxy) is 1. The molecule has 0 radical (unpaired) electrons. The summed E-state index contributed by atoms with van der Waals surface area (Å²) in [6.45, 7) is 7.55. The standard InChI is InChI=1S/C15H19FN2O2/c1-10-11(16)7-8-12(17-10)13-6-5-9-18(13)14(19)20-15(2,3)4/h5-8,13H,9H2,1-4H3. The van der Waals surface area contributed by atoms with Gasteiger partial charge < -0.3 is 4.74 Å². The fourth-order valence-corrected chi connectivity index (χ4v) is 2.02. The predicted molar refractivity (Wildman–Crippen MR) is 73.8 cm³/mol. The highest BCUT2D eigenvalue weighted by atomic mass is 19.1. The van der Waals surface area contributed by atoms with Crippen LogP contribution in [0.15, 0.2) is 24.3 Å². The number of aromatic nitrogens is 1. The Morgan fingerprint density at radius 1 is 1.45 bits per heavy atom. The maximum Gasteiger partial charge on any atom is 0.411 e. The van der Waals surface area contributed by atoms with E-state index >= 15 is 0 Å². The second-order valence-corrected chi connectivity index (χ2v) is 5.81. The molecule has 1 aromatic rings. The summed E-state index contributed by atoms with van der Waals surface area (Å²) in [4.78, 5) is 17.9. The van der Waals surface area contributed by atoms with Crippen LogP contribution in [0.5, 0.6) is 0 Å². The molecule has 1 unspecified atom stereocenters. The summed E-state index contributed by atoms with van der Waals surface area (Å²) >= 11 is 0. The molecule has 0 N–H and O–H groups in total. The topological polar surface area (TPSA) is 42.4 Å². The van der Waals surface area contributed by atoms with E-state index in [2.05, 4.69) is 4.98 Å². The van der Waals surface area contributed by atoms with E-state index in [4.69, 9.17) is 4.74 Å². The Bertz CT molecular complexity index is 549. The minimum absolute atomic E-state index is 0.302. The third-order valence-corrected chi connectivity index (χ3v) is 2.93. The predicted octanol–water partition coefficient (Wildman–Crippen LogP) is 3.38. The number of hydrogen-bond donors (Lipinski definition) is 0. The van der Waals surface area contributed by atoms with E-state index in [9.17, 15) is 9.18 Å². The molecule has 1 atom stereocenters. The van der Waals surface area contributed by atoms with Gasteiger partial charge in [-0.1, -0.05) is 12.2 Å². The zero-order chi connectivity index (χ0) is 14.9. The van der Waals surface area contributed by atoms with Crippen molar-refractivity contribution in [2.24, 2.45) is 0 Å². The van der Waals surface area contributed by atoms with Crippen molar-refractivity contribution in [2.45, 2.75) is 39.3 Å². The number of halogens is 1. The van der Waals surface area contributed by atoms with Crippen molar-refractivity contribution >= 4 is 6.09 Å². The summed E-state index contributed by atoms with van der Waals surface area (Å²) in [5.74, 6) is -0.348. The van der Waals surface area contributed by atoms with Gasteiger partial charge in [-0.15, -0.1) is 0 Å². The molecule has 0 saturated heterocycles. The zero-order valence-electron chi connectivity index (χ0n) is 12.2. The third-order valence-electron chi connectivity index (χ3n) is 2.93. The molecule has 0 bridgehead atoms. The van der Waals surface area contributed by atoms with Crippen LogP contribution in [-0.2, 0) is 4.74 Å². The Morgan fingerprint density at radius 3 is 2.75 bits per heavy atom. The number of hydrogen-bond acceptors (Lipinski definition) is 3. The molecule has 5 heteroatoms. The SMILES string of the molecule is Cc1nc(C2C=CCN2C(=O)OC(C)(C)C)ccc1F. The van der Waals surface area contributed by atoms with Gasteiger partial charge in [-0.05, 0) is 39.8 Å². The lowest BCUT2D eigenvalue weighted by molar-refractivity contribution is 0.0238. The number of carbonyl (C=O) groups is 1. The Balaban J connectivity index is 2.20. The van der Waals surface area contributed by atoms with E-state index in [1.54, 1.807) is 17.9 Å². The van der Waals surface area contributed by atoms with Crippen LogP contribution < -0.4 is 0 Å². The van der Waals surface area contributed by atoms with Crippen molar-refractivity contribution in [2.75, 3.05) is 6.54 Å². The molecule has 1 amide bonds. The average molecular weight is 278 g/mol. The molecule has 0 saturated carbocycles. The largest absolute Gasteiger partial charge is 0.444 e.